The van der Waals surface area contributed by atoms with Crippen LogP contribution in [0.15, 0.2) is 64.5 Å². The minimum absolute atomic E-state index is 0.0175. The summed E-state index contributed by atoms with van der Waals surface area (Å²) < 4.78 is 5.16. The number of methoxy groups -OCH3 is 1. The third-order valence-electron chi connectivity index (χ3n) is 3.38. The molecule has 0 spiro atoms. The average Bonchev–Trinajstić information content (AvgIpc) is 2.84. The van der Waals surface area contributed by atoms with Crippen LogP contribution >= 0.6 is 11.8 Å². The van der Waals surface area contributed by atoms with E-state index < -0.39 is 0 Å². The topological polar surface area (TPSA) is 29.5 Å². The first-order chi connectivity index (χ1) is 10.2. The van der Waals surface area contributed by atoms with Gasteiger partial charge < -0.3 is 9.64 Å². The van der Waals surface area contributed by atoms with Gasteiger partial charge in [0.15, 0.2) is 5.78 Å². The molecular formula is C17H15NO2S. The number of ether oxygens (including phenoxy) is 1. The van der Waals surface area contributed by atoms with E-state index in [1.807, 2.05) is 36.2 Å². The number of carbonyl (C=O) groups excluding carboxylic acids is 1. The van der Waals surface area contributed by atoms with Crippen molar-refractivity contribution in [2.75, 3.05) is 19.1 Å². The maximum absolute atomic E-state index is 12.4. The van der Waals surface area contributed by atoms with Gasteiger partial charge in [0.2, 0.25) is 0 Å². The van der Waals surface area contributed by atoms with Crippen LogP contribution in [0, 0.1) is 0 Å². The summed E-state index contributed by atoms with van der Waals surface area (Å²) in [5.74, 6) is 0.672. The predicted molar refractivity (Wildman–Crippen MR) is 86.1 cm³/mol. The highest BCUT2D eigenvalue weighted by molar-refractivity contribution is 8.03. The normalized spacial score (nSPS) is 15.1. The number of rotatable bonds is 3. The Balaban J connectivity index is 1.88. The molecule has 1 aliphatic rings. The van der Waals surface area contributed by atoms with Gasteiger partial charge in [-0.2, -0.15) is 0 Å². The average molecular weight is 297 g/mol. The van der Waals surface area contributed by atoms with Crippen LogP contribution in [0.5, 0.6) is 5.75 Å². The van der Waals surface area contributed by atoms with Crippen molar-refractivity contribution < 1.29 is 9.53 Å². The highest BCUT2D eigenvalue weighted by Gasteiger charge is 2.22. The third-order valence-corrected chi connectivity index (χ3v) is 4.55. The highest BCUT2D eigenvalue weighted by Crippen LogP contribution is 2.44. The van der Waals surface area contributed by atoms with Gasteiger partial charge in [-0.3, -0.25) is 4.79 Å². The molecule has 3 rings (SSSR count). The molecule has 0 saturated carbocycles. The van der Waals surface area contributed by atoms with Crippen molar-refractivity contribution in [3.63, 3.8) is 0 Å². The molecule has 0 saturated heterocycles. The van der Waals surface area contributed by atoms with E-state index >= 15 is 0 Å². The summed E-state index contributed by atoms with van der Waals surface area (Å²) in [5.41, 5.74) is 1.76. The van der Waals surface area contributed by atoms with E-state index in [1.165, 1.54) is 4.90 Å². The summed E-state index contributed by atoms with van der Waals surface area (Å²) in [7, 11) is 3.57. The van der Waals surface area contributed by atoms with Crippen LogP contribution in [0.25, 0.3) is 0 Å². The summed E-state index contributed by atoms with van der Waals surface area (Å²) in [6.07, 6.45) is 1.68. The lowest BCUT2D eigenvalue weighted by Gasteiger charge is -2.13. The maximum atomic E-state index is 12.4. The van der Waals surface area contributed by atoms with E-state index in [1.54, 1.807) is 37.1 Å². The standard InChI is InChI=1S/C17H15NO2S/c1-18-14-8-3-4-9-16(14)21-17(18)11-15(19)12-6-5-7-13(10-12)20-2/h3-11H,1-2H3/b17-11+. The lowest BCUT2D eigenvalue weighted by atomic mass is 10.1. The number of benzene rings is 2. The molecule has 21 heavy (non-hydrogen) atoms. The van der Waals surface area contributed by atoms with Crippen molar-refractivity contribution in [2.24, 2.45) is 0 Å². The van der Waals surface area contributed by atoms with Gasteiger partial charge in [0, 0.05) is 23.6 Å². The van der Waals surface area contributed by atoms with Gasteiger partial charge in [-0.05, 0) is 24.3 Å². The lowest BCUT2D eigenvalue weighted by Crippen LogP contribution is -2.11. The number of allylic oxidation sites excluding steroid dienone is 1. The third kappa shape index (κ3) is 2.67. The Labute approximate surface area is 128 Å². The zero-order valence-corrected chi connectivity index (χ0v) is 12.7. The number of para-hydroxylation sites is 1. The zero-order chi connectivity index (χ0) is 14.8. The Morgan fingerprint density at radius 3 is 2.76 bits per heavy atom. The second-order valence-corrected chi connectivity index (χ2v) is 5.77. The molecule has 4 heteroatoms. The molecular weight excluding hydrogens is 282 g/mol. The summed E-state index contributed by atoms with van der Waals surface area (Å²) >= 11 is 1.61. The van der Waals surface area contributed by atoms with Crippen LogP contribution in [-0.2, 0) is 0 Å². The fourth-order valence-electron chi connectivity index (χ4n) is 2.22. The number of anilines is 1. The molecule has 0 amide bonds. The zero-order valence-electron chi connectivity index (χ0n) is 11.9. The number of carbonyl (C=O) groups is 1. The van der Waals surface area contributed by atoms with Crippen LogP contribution in [0.2, 0.25) is 0 Å². The molecule has 2 aromatic rings. The Morgan fingerprint density at radius 1 is 1.19 bits per heavy atom. The molecule has 0 unspecified atom stereocenters. The molecule has 0 fully saturated rings. The second-order valence-electron chi connectivity index (χ2n) is 4.71. The van der Waals surface area contributed by atoms with Crippen LogP contribution in [0.1, 0.15) is 10.4 Å². The van der Waals surface area contributed by atoms with Gasteiger partial charge in [-0.15, -0.1) is 0 Å². The molecule has 0 bridgehead atoms. The number of fused-ring (bicyclic) bond motifs is 1. The molecule has 0 atom stereocenters. The first-order valence-electron chi connectivity index (χ1n) is 6.60. The Bertz CT molecular complexity index is 724. The van der Waals surface area contributed by atoms with Crippen molar-refractivity contribution in [1.82, 2.24) is 0 Å². The quantitative estimate of drug-likeness (QED) is 0.633. The van der Waals surface area contributed by atoms with Gasteiger partial charge in [0.25, 0.3) is 0 Å². The lowest BCUT2D eigenvalue weighted by molar-refractivity contribution is 0.104. The first kappa shape index (κ1) is 13.8. The van der Waals surface area contributed by atoms with E-state index in [9.17, 15) is 4.79 Å². The fraction of sp³-hybridized carbons (Fsp3) is 0.118. The van der Waals surface area contributed by atoms with Crippen molar-refractivity contribution in [1.29, 1.82) is 0 Å². The van der Waals surface area contributed by atoms with E-state index in [-0.39, 0.29) is 5.78 Å². The molecule has 2 aromatic carbocycles. The van der Waals surface area contributed by atoms with Crippen molar-refractivity contribution in [2.45, 2.75) is 4.90 Å². The van der Waals surface area contributed by atoms with Gasteiger partial charge in [0.1, 0.15) is 5.75 Å². The number of thioether (sulfide) groups is 1. The van der Waals surface area contributed by atoms with E-state index in [0.29, 0.717) is 11.3 Å². The molecule has 1 aliphatic heterocycles. The summed E-state index contributed by atoms with van der Waals surface area (Å²) in [6.45, 7) is 0. The Kier molecular flexibility index (Phi) is 3.71. The maximum Gasteiger partial charge on any atom is 0.188 e. The fourth-order valence-corrected chi connectivity index (χ4v) is 3.30. The van der Waals surface area contributed by atoms with Crippen molar-refractivity contribution >= 4 is 23.2 Å². The summed E-state index contributed by atoms with van der Waals surface area (Å²) in [4.78, 5) is 15.6. The van der Waals surface area contributed by atoms with E-state index in [0.717, 1.165) is 10.7 Å². The number of ketones is 1. The number of hydrogen-bond donors (Lipinski definition) is 0. The number of nitrogens with zero attached hydrogens (tertiary/aromatic N) is 1. The summed E-state index contributed by atoms with van der Waals surface area (Å²) in [5, 5.41) is 0.934. The highest BCUT2D eigenvalue weighted by atomic mass is 32.2. The van der Waals surface area contributed by atoms with Crippen LogP contribution in [0.4, 0.5) is 5.69 Å². The number of hydrogen-bond acceptors (Lipinski definition) is 4. The Morgan fingerprint density at radius 2 is 2.00 bits per heavy atom. The van der Waals surface area contributed by atoms with Crippen LogP contribution < -0.4 is 9.64 Å². The molecule has 0 aliphatic carbocycles. The second kappa shape index (κ2) is 5.66. The van der Waals surface area contributed by atoms with Crippen molar-refractivity contribution in [3.05, 3.63) is 65.2 Å². The largest absolute Gasteiger partial charge is 0.497 e. The predicted octanol–water partition coefficient (Wildman–Crippen LogP) is 3.96. The SMILES string of the molecule is COc1cccc(C(=O)/C=C2/Sc3ccccc3N2C)c1. The van der Waals surface area contributed by atoms with E-state index in [4.69, 9.17) is 4.74 Å². The van der Waals surface area contributed by atoms with E-state index in [2.05, 4.69) is 12.1 Å². The van der Waals surface area contributed by atoms with Crippen molar-refractivity contribution in [3.8, 4) is 5.75 Å². The minimum Gasteiger partial charge on any atom is -0.497 e. The summed E-state index contributed by atoms with van der Waals surface area (Å²) in [6, 6.07) is 15.3. The first-order valence-corrected chi connectivity index (χ1v) is 7.41. The Hall–Kier alpha value is -2.20. The van der Waals surface area contributed by atoms with Crippen LogP contribution in [-0.4, -0.2) is 19.9 Å². The molecule has 1 heterocycles. The minimum atomic E-state index is -0.0175. The smallest absolute Gasteiger partial charge is 0.188 e. The van der Waals surface area contributed by atoms with Gasteiger partial charge >= 0.3 is 0 Å². The van der Waals surface area contributed by atoms with Gasteiger partial charge in [-0.1, -0.05) is 36.0 Å². The van der Waals surface area contributed by atoms with Crippen LogP contribution in [0.3, 0.4) is 0 Å². The molecule has 0 N–H and O–H groups in total. The monoisotopic (exact) mass is 297 g/mol. The van der Waals surface area contributed by atoms with Gasteiger partial charge in [-0.25, -0.2) is 0 Å². The molecule has 0 aromatic heterocycles. The molecule has 3 nitrogen and oxygen atoms in total. The van der Waals surface area contributed by atoms with Gasteiger partial charge in [0.05, 0.1) is 17.8 Å². The molecule has 106 valence electrons. The molecule has 0 radical (unpaired) electrons.